The first kappa shape index (κ1) is 23.2. The fourth-order valence-corrected chi connectivity index (χ4v) is 4.11. The number of amides is 5. The lowest BCUT2D eigenvalue weighted by molar-refractivity contribution is -0.147. The number of fused-ring (bicyclic) bond motifs is 1. The van der Waals surface area contributed by atoms with E-state index in [0.29, 0.717) is 30.5 Å². The highest BCUT2D eigenvalue weighted by Crippen LogP contribution is 2.37. The van der Waals surface area contributed by atoms with Gasteiger partial charge in [-0.25, -0.2) is 0 Å². The lowest BCUT2D eigenvalue weighted by atomic mass is 9.85. The topological polar surface area (TPSA) is 139 Å². The van der Waals surface area contributed by atoms with Crippen LogP contribution in [-0.4, -0.2) is 47.0 Å². The van der Waals surface area contributed by atoms with Crippen molar-refractivity contribution in [2.24, 2.45) is 23.5 Å². The number of hydrogen-bond donors (Lipinski definition) is 3. The van der Waals surface area contributed by atoms with Gasteiger partial charge in [-0.3, -0.25) is 28.9 Å². The summed E-state index contributed by atoms with van der Waals surface area (Å²) in [4.78, 5) is 63.0. The van der Waals surface area contributed by atoms with Crippen molar-refractivity contribution in [3.8, 4) is 0 Å². The molecule has 1 heterocycles. The standard InChI is InChI=1S/C23H28N4O5/c1-13(2)11-18(27-22(31)16-5-3-4-6-17(16)23(27)32)21(30)26-15-9-7-14(8-10-15)20(29)25-12-19(24)28/h3-4,7-10,13,16-18H,5-6,11-12H2,1-2H3,(H2,24,28)(H,25,29)(H,26,30). The van der Waals surface area contributed by atoms with Crippen LogP contribution < -0.4 is 16.4 Å². The van der Waals surface area contributed by atoms with Gasteiger partial charge in [-0.05, 0) is 49.4 Å². The molecule has 3 unspecified atom stereocenters. The quantitative estimate of drug-likeness (QED) is 0.412. The number of likely N-dealkylation sites (tertiary alicyclic amines) is 1. The maximum absolute atomic E-state index is 13.1. The predicted molar refractivity (Wildman–Crippen MR) is 117 cm³/mol. The molecule has 0 bridgehead atoms. The Hall–Kier alpha value is -3.49. The van der Waals surface area contributed by atoms with Gasteiger partial charge in [0.05, 0.1) is 18.4 Å². The van der Waals surface area contributed by atoms with Gasteiger partial charge in [0, 0.05) is 11.3 Å². The van der Waals surface area contributed by atoms with Crippen LogP contribution in [0.3, 0.4) is 0 Å². The molecular formula is C23H28N4O5. The Balaban J connectivity index is 1.73. The van der Waals surface area contributed by atoms with E-state index in [2.05, 4.69) is 10.6 Å². The molecule has 170 valence electrons. The largest absolute Gasteiger partial charge is 0.368 e. The van der Waals surface area contributed by atoms with Crippen LogP contribution in [0.15, 0.2) is 36.4 Å². The second kappa shape index (κ2) is 9.76. The molecule has 1 aliphatic carbocycles. The number of imide groups is 1. The monoisotopic (exact) mass is 440 g/mol. The van der Waals surface area contributed by atoms with Gasteiger partial charge in [0.2, 0.25) is 23.6 Å². The van der Waals surface area contributed by atoms with E-state index in [1.54, 1.807) is 12.1 Å². The molecule has 1 aromatic carbocycles. The molecule has 1 saturated heterocycles. The average Bonchev–Trinajstić information content (AvgIpc) is 3.01. The van der Waals surface area contributed by atoms with E-state index in [9.17, 15) is 24.0 Å². The number of hydrogen-bond acceptors (Lipinski definition) is 5. The summed E-state index contributed by atoms with van der Waals surface area (Å²) >= 11 is 0. The van der Waals surface area contributed by atoms with Gasteiger partial charge in [0.1, 0.15) is 6.04 Å². The van der Waals surface area contributed by atoms with Crippen LogP contribution in [0.4, 0.5) is 5.69 Å². The van der Waals surface area contributed by atoms with Crippen molar-refractivity contribution < 1.29 is 24.0 Å². The molecule has 0 aromatic heterocycles. The molecule has 3 rings (SSSR count). The molecule has 3 atom stereocenters. The maximum Gasteiger partial charge on any atom is 0.251 e. The number of nitrogens with one attached hydrogen (secondary N) is 2. The second-order valence-corrected chi connectivity index (χ2v) is 8.56. The molecule has 4 N–H and O–H groups in total. The van der Waals surface area contributed by atoms with Crippen LogP contribution in [-0.2, 0) is 19.2 Å². The van der Waals surface area contributed by atoms with Gasteiger partial charge < -0.3 is 16.4 Å². The SMILES string of the molecule is CC(C)CC(C(=O)Nc1ccc(C(=O)NCC(N)=O)cc1)N1C(=O)C2CC=CCC2C1=O. The third-order valence-electron chi connectivity index (χ3n) is 5.69. The molecule has 9 heteroatoms. The van der Waals surface area contributed by atoms with Crippen molar-refractivity contribution in [2.75, 3.05) is 11.9 Å². The normalized spacial score (nSPS) is 20.8. The zero-order valence-corrected chi connectivity index (χ0v) is 18.2. The number of anilines is 1. The van der Waals surface area contributed by atoms with Crippen LogP contribution in [0.5, 0.6) is 0 Å². The summed E-state index contributed by atoms with van der Waals surface area (Å²) in [5, 5.41) is 5.14. The summed E-state index contributed by atoms with van der Waals surface area (Å²) in [6, 6.07) is 5.17. The minimum absolute atomic E-state index is 0.0865. The highest BCUT2D eigenvalue weighted by Gasteiger charge is 2.51. The number of primary amides is 1. The number of nitrogens with two attached hydrogens (primary N) is 1. The highest BCUT2D eigenvalue weighted by atomic mass is 16.2. The van der Waals surface area contributed by atoms with E-state index < -0.39 is 35.6 Å². The van der Waals surface area contributed by atoms with E-state index in [1.165, 1.54) is 12.1 Å². The summed E-state index contributed by atoms with van der Waals surface area (Å²) in [6.07, 6.45) is 5.20. The van der Waals surface area contributed by atoms with Crippen LogP contribution in [0.25, 0.3) is 0 Å². The summed E-state index contributed by atoms with van der Waals surface area (Å²) < 4.78 is 0. The van der Waals surface area contributed by atoms with Crippen molar-refractivity contribution in [1.29, 1.82) is 0 Å². The molecule has 0 spiro atoms. The zero-order chi connectivity index (χ0) is 23.4. The van der Waals surface area contributed by atoms with Gasteiger partial charge in [0.25, 0.3) is 5.91 Å². The molecular weight excluding hydrogens is 412 g/mol. The summed E-state index contributed by atoms with van der Waals surface area (Å²) in [7, 11) is 0. The van der Waals surface area contributed by atoms with Gasteiger partial charge in [-0.2, -0.15) is 0 Å². The van der Waals surface area contributed by atoms with Gasteiger partial charge in [-0.15, -0.1) is 0 Å². The van der Waals surface area contributed by atoms with Crippen molar-refractivity contribution in [2.45, 2.75) is 39.2 Å². The average molecular weight is 441 g/mol. The Kier molecular flexibility index (Phi) is 7.07. The molecule has 1 fully saturated rings. The maximum atomic E-state index is 13.1. The van der Waals surface area contributed by atoms with Crippen LogP contribution in [0.1, 0.15) is 43.5 Å². The minimum atomic E-state index is -0.904. The van der Waals surface area contributed by atoms with Crippen molar-refractivity contribution >= 4 is 35.2 Å². The summed E-state index contributed by atoms with van der Waals surface area (Å²) in [6.45, 7) is 3.59. The Morgan fingerprint density at radius 2 is 1.59 bits per heavy atom. The van der Waals surface area contributed by atoms with Crippen LogP contribution in [0.2, 0.25) is 0 Å². The fraction of sp³-hybridized carbons (Fsp3) is 0.435. The van der Waals surface area contributed by atoms with Gasteiger partial charge in [-0.1, -0.05) is 26.0 Å². The zero-order valence-electron chi connectivity index (χ0n) is 18.2. The summed E-state index contributed by atoms with van der Waals surface area (Å²) in [5.74, 6) is -2.84. The molecule has 9 nitrogen and oxygen atoms in total. The highest BCUT2D eigenvalue weighted by molar-refractivity contribution is 6.10. The van der Waals surface area contributed by atoms with Crippen molar-refractivity contribution in [3.63, 3.8) is 0 Å². The van der Waals surface area contributed by atoms with Crippen LogP contribution in [0, 0.1) is 17.8 Å². The van der Waals surface area contributed by atoms with E-state index in [1.807, 2.05) is 26.0 Å². The van der Waals surface area contributed by atoms with E-state index in [4.69, 9.17) is 5.73 Å². The van der Waals surface area contributed by atoms with Gasteiger partial charge in [0.15, 0.2) is 0 Å². The number of carbonyl (C=O) groups excluding carboxylic acids is 5. The Bertz CT molecular complexity index is 928. The van der Waals surface area contributed by atoms with Crippen molar-refractivity contribution in [1.82, 2.24) is 10.2 Å². The molecule has 1 aliphatic heterocycles. The summed E-state index contributed by atoms with van der Waals surface area (Å²) in [5.41, 5.74) is 5.73. The minimum Gasteiger partial charge on any atom is -0.368 e. The molecule has 1 aromatic rings. The molecule has 0 radical (unpaired) electrons. The predicted octanol–water partition coefficient (Wildman–Crippen LogP) is 1.21. The van der Waals surface area contributed by atoms with Crippen molar-refractivity contribution in [3.05, 3.63) is 42.0 Å². The molecule has 2 aliphatic rings. The number of rotatable bonds is 8. The van der Waals surface area contributed by atoms with E-state index in [0.717, 1.165) is 4.90 Å². The lowest BCUT2D eigenvalue weighted by Crippen LogP contribution is -2.48. The molecule has 0 saturated carbocycles. The second-order valence-electron chi connectivity index (χ2n) is 8.56. The number of nitrogens with zero attached hydrogens (tertiary/aromatic N) is 1. The first-order valence-electron chi connectivity index (χ1n) is 10.7. The van der Waals surface area contributed by atoms with E-state index >= 15 is 0 Å². The van der Waals surface area contributed by atoms with Gasteiger partial charge >= 0.3 is 0 Å². The van der Waals surface area contributed by atoms with E-state index in [-0.39, 0.29) is 24.3 Å². The first-order chi connectivity index (χ1) is 15.2. The fourth-order valence-electron chi connectivity index (χ4n) is 4.11. The molecule has 32 heavy (non-hydrogen) atoms. The smallest absolute Gasteiger partial charge is 0.251 e. The third kappa shape index (κ3) is 5.04. The lowest BCUT2D eigenvalue weighted by Gasteiger charge is -2.27. The first-order valence-corrected chi connectivity index (χ1v) is 10.7. The Morgan fingerprint density at radius 1 is 1.03 bits per heavy atom. The van der Waals surface area contributed by atoms with Crippen LogP contribution >= 0.6 is 0 Å². The number of carbonyl (C=O) groups is 5. The Labute approximate surface area is 186 Å². The number of benzene rings is 1. The Morgan fingerprint density at radius 3 is 2.09 bits per heavy atom. The number of allylic oxidation sites excluding steroid dienone is 2. The third-order valence-corrected chi connectivity index (χ3v) is 5.69. The molecule has 5 amide bonds.